The summed E-state index contributed by atoms with van der Waals surface area (Å²) in [4.78, 5) is 4.14. The van der Waals surface area contributed by atoms with Crippen LogP contribution in [0.25, 0.3) is 0 Å². The van der Waals surface area contributed by atoms with Crippen LogP contribution in [0.1, 0.15) is 18.0 Å². The molecule has 2 nitrogen and oxygen atoms in total. The minimum atomic E-state index is -0.205. The summed E-state index contributed by atoms with van der Waals surface area (Å²) in [6.45, 7) is 3.71. The SMILES string of the molecule is C=CCC(Nc1nccs1)c1ccccc1F. The first-order chi connectivity index (χ1) is 8.31. The van der Waals surface area contributed by atoms with Gasteiger partial charge in [-0.05, 0) is 12.5 Å². The van der Waals surface area contributed by atoms with Gasteiger partial charge in [0, 0.05) is 17.1 Å². The van der Waals surface area contributed by atoms with Crippen LogP contribution in [-0.2, 0) is 0 Å². The van der Waals surface area contributed by atoms with E-state index in [-0.39, 0.29) is 11.9 Å². The number of benzene rings is 1. The Labute approximate surface area is 104 Å². The Balaban J connectivity index is 2.23. The number of halogens is 1. The minimum absolute atomic E-state index is 0.125. The van der Waals surface area contributed by atoms with Gasteiger partial charge in [-0.25, -0.2) is 9.37 Å². The highest BCUT2D eigenvalue weighted by atomic mass is 32.1. The van der Waals surface area contributed by atoms with Crippen molar-refractivity contribution in [2.24, 2.45) is 0 Å². The molecule has 2 aromatic rings. The van der Waals surface area contributed by atoms with Crippen LogP contribution < -0.4 is 5.32 Å². The Bertz CT molecular complexity index is 482. The zero-order valence-corrected chi connectivity index (χ0v) is 10.1. The zero-order chi connectivity index (χ0) is 12.1. The van der Waals surface area contributed by atoms with Gasteiger partial charge in [0.2, 0.25) is 0 Å². The second kappa shape index (κ2) is 5.59. The van der Waals surface area contributed by atoms with Crippen LogP contribution in [0.2, 0.25) is 0 Å². The van der Waals surface area contributed by atoms with Crippen LogP contribution >= 0.6 is 11.3 Å². The molecule has 1 heterocycles. The minimum Gasteiger partial charge on any atom is -0.354 e. The van der Waals surface area contributed by atoms with Crippen molar-refractivity contribution in [3.8, 4) is 0 Å². The summed E-state index contributed by atoms with van der Waals surface area (Å²) < 4.78 is 13.7. The third-order valence-electron chi connectivity index (χ3n) is 2.41. The molecule has 1 unspecified atom stereocenters. The average molecular weight is 248 g/mol. The van der Waals surface area contributed by atoms with Crippen LogP contribution in [0, 0.1) is 5.82 Å². The molecule has 1 aromatic carbocycles. The van der Waals surface area contributed by atoms with E-state index in [1.54, 1.807) is 24.4 Å². The predicted octanol–water partition coefficient (Wildman–Crippen LogP) is 4.01. The van der Waals surface area contributed by atoms with E-state index < -0.39 is 0 Å². The number of thiazole rings is 1. The quantitative estimate of drug-likeness (QED) is 0.809. The molecule has 17 heavy (non-hydrogen) atoms. The fraction of sp³-hybridized carbons (Fsp3) is 0.154. The van der Waals surface area contributed by atoms with Crippen molar-refractivity contribution in [2.45, 2.75) is 12.5 Å². The molecule has 1 N–H and O–H groups in total. The van der Waals surface area contributed by atoms with E-state index in [9.17, 15) is 4.39 Å². The molecule has 0 bridgehead atoms. The summed E-state index contributed by atoms with van der Waals surface area (Å²) in [6, 6.07) is 6.64. The van der Waals surface area contributed by atoms with E-state index >= 15 is 0 Å². The van der Waals surface area contributed by atoms with Gasteiger partial charge in [-0.3, -0.25) is 0 Å². The number of aromatic nitrogens is 1. The van der Waals surface area contributed by atoms with Crippen LogP contribution in [0.3, 0.4) is 0 Å². The largest absolute Gasteiger partial charge is 0.354 e. The summed E-state index contributed by atoms with van der Waals surface area (Å²) in [5.74, 6) is -0.205. The molecule has 0 saturated heterocycles. The molecular formula is C13H13FN2S. The molecule has 0 amide bonds. The second-order valence-electron chi connectivity index (χ2n) is 3.58. The summed E-state index contributed by atoms with van der Waals surface area (Å²) in [5.41, 5.74) is 0.641. The van der Waals surface area contributed by atoms with Gasteiger partial charge in [0.25, 0.3) is 0 Å². The molecule has 2 rings (SSSR count). The van der Waals surface area contributed by atoms with Crippen molar-refractivity contribution < 1.29 is 4.39 Å². The maximum atomic E-state index is 13.7. The van der Waals surface area contributed by atoms with Crippen molar-refractivity contribution in [1.29, 1.82) is 0 Å². The Morgan fingerprint density at radius 2 is 2.29 bits per heavy atom. The lowest BCUT2D eigenvalue weighted by Crippen LogP contribution is -2.11. The normalized spacial score (nSPS) is 12.1. The van der Waals surface area contributed by atoms with Gasteiger partial charge in [-0.2, -0.15) is 0 Å². The molecule has 0 aliphatic carbocycles. The van der Waals surface area contributed by atoms with E-state index in [4.69, 9.17) is 0 Å². The van der Waals surface area contributed by atoms with Crippen molar-refractivity contribution in [1.82, 2.24) is 4.98 Å². The lowest BCUT2D eigenvalue weighted by atomic mass is 10.0. The number of rotatable bonds is 5. The average Bonchev–Trinajstić information content (AvgIpc) is 2.82. The Morgan fingerprint density at radius 1 is 1.47 bits per heavy atom. The fourth-order valence-electron chi connectivity index (χ4n) is 1.63. The molecule has 0 aliphatic heterocycles. The highest BCUT2D eigenvalue weighted by Gasteiger charge is 2.14. The molecule has 88 valence electrons. The van der Waals surface area contributed by atoms with E-state index in [1.807, 2.05) is 11.4 Å². The van der Waals surface area contributed by atoms with Crippen LogP contribution in [0.4, 0.5) is 9.52 Å². The molecule has 0 saturated carbocycles. The predicted molar refractivity (Wildman–Crippen MR) is 69.7 cm³/mol. The summed E-state index contributed by atoms with van der Waals surface area (Å²) in [6.07, 6.45) is 4.15. The van der Waals surface area contributed by atoms with Gasteiger partial charge in [0.1, 0.15) is 5.82 Å². The number of nitrogens with zero attached hydrogens (tertiary/aromatic N) is 1. The van der Waals surface area contributed by atoms with Gasteiger partial charge in [0.05, 0.1) is 6.04 Å². The second-order valence-corrected chi connectivity index (χ2v) is 4.47. The smallest absolute Gasteiger partial charge is 0.183 e. The topological polar surface area (TPSA) is 24.9 Å². The van der Waals surface area contributed by atoms with Crippen molar-refractivity contribution >= 4 is 16.5 Å². The van der Waals surface area contributed by atoms with Crippen LogP contribution in [0.15, 0.2) is 48.5 Å². The fourth-order valence-corrected chi connectivity index (χ4v) is 2.21. The Hall–Kier alpha value is -1.68. The van der Waals surface area contributed by atoms with E-state index in [0.717, 1.165) is 5.13 Å². The maximum absolute atomic E-state index is 13.7. The van der Waals surface area contributed by atoms with Gasteiger partial charge in [-0.15, -0.1) is 17.9 Å². The monoisotopic (exact) mass is 248 g/mol. The first-order valence-corrected chi connectivity index (χ1v) is 6.20. The van der Waals surface area contributed by atoms with Crippen molar-refractivity contribution in [2.75, 3.05) is 5.32 Å². The first kappa shape index (κ1) is 11.8. The summed E-state index contributed by atoms with van der Waals surface area (Å²) >= 11 is 1.50. The summed E-state index contributed by atoms with van der Waals surface area (Å²) in [7, 11) is 0. The molecular weight excluding hydrogens is 235 g/mol. The number of nitrogens with one attached hydrogen (secondary N) is 1. The Kier molecular flexibility index (Phi) is 3.88. The Morgan fingerprint density at radius 3 is 2.94 bits per heavy atom. The third-order valence-corrected chi connectivity index (χ3v) is 3.12. The molecule has 1 aromatic heterocycles. The van der Waals surface area contributed by atoms with Gasteiger partial charge < -0.3 is 5.32 Å². The van der Waals surface area contributed by atoms with Crippen LogP contribution in [0.5, 0.6) is 0 Å². The first-order valence-electron chi connectivity index (χ1n) is 5.32. The highest BCUT2D eigenvalue weighted by Crippen LogP contribution is 2.25. The van der Waals surface area contributed by atoms with Gasteiger partial charge in [0.15, 0.2) is 5.13 Å². The lowest BCUT2D eigenvalue weighted by Gasteiger charge is -2.17. The van der Waals surface area contributed by atoms with E-state index in [0.29, 0.717) is 12.0 Å². The van der Waals surface area contributed by atoms with Crippen LogP contribution in [-0.4, -0.2) is 4.98 Å². The molecule has 0 aliphatic rings. The van der Waals surface area contributed by atoms with E-state index in [2.05, 4.69) is 16.9 Å². The number of anilines is 1. The van der Waals surface area contributed by atoms with Crippen molar-refractivity contribution in [3.05, 3.63) is 59.9 Å². The molecule has 0 fully saturated rings. The lowest BCUT2D eigenvalue weighted by molar-refractivity contribution is 0.593. The van der Waals surface area contributed by atoms with Gasteiger partial charge >= 0.3 is 0 Å². The molecule has 1 atom stereocenters. The molecule has 0 radical (unpaired) electrons. The van der Waals surface area contributed by atoms with Gasteiger partial charge in [-0.1, -0.05) is 24.3 Å². The molecule has 0 spiro atoms. The number of hydrogen-bond acceptors (Lipinski definition) is 3. The number of hydrogen-bond donors (Lipinski definition) is 1. The van der Waals surface area contributed by atoms with E-state index in [1.165, 1.54) is 17.4 Å². The standard InChI is InChI=1S/C13H13FN2S/c1-2-5-12(16-13-15-8-9-17-13)10-6-3-4-7-11(10)14/h2-4,6-9,12H,1,5H2,(H,15,16). The van der Waals surface area contributed by atoms with Crippen molar-refractivity contribution in [3.63, 3.8) is 0 Å². The summed E-state index contributed by atoms with van der Waals surface area (Å²) in [5, 5.41) is 5.89. The highest BCUT2D eigenvalue weighted by molar-refractivity contribution is 7.13. The third kappa shape index (κ3) is 2.91. The zero-order valence-electron chi connectivity index (χ0n) is 9.27. The molecule has 4 heteroatoms. The maximum Gasteiger partial charge on any atom is 0.183 e.